The molecule has 8 aromatic carbocycles. The predicted octanol–water partition coefficient (Wildman–Crippen LogP) is 16.1. The Bertz CT molecular complexity index is 2740. The minimum atomic E-state index is 0.634. The number of hydrogen-bond acceptors (Lipinski definition) is 1. The lowest BCUT2D eigenvalue weighted by Gasteiger charge is -2.26. The van der Waals surface area contributed by atoms with E-state index >= 15 is 0 Å². The highest BCUT2D eigenvalue weighted by Crippen LogP contribution is 2.50. The van der Waals surface area contributed by atoms with Crippen LogP contribution in [0, 0.1) is 0 Å². The maximum absolute atomic E-state index is 2.50. The lowest BCUT2D eigenvalue weighted by atomic mass is 9.78. The van der Waals surface area contributed by atoms with E-state index in [2.05, 4.69) is 133 Å². The molecule has 2 aliphatic rings. The summed E-state index contributed by atoms with van der Waals surface area (Å²) in [4.78, 5) is 0. The van der Waals surface area contributed by atoms with Crippen molar-refractivity contribution in [3.8, 4) is 22.3 Å². The first-order chi connectivity index (χ1) is 26.3. The van der Waals surface area contributed by atoms with Gasteiger partial charge < -0.3 is 0 Å². The maximum atomic E-state index is 2.50. The summed E-state index contributed by atoms with van der Waals surface area (Å²) < 4.78 is 2.75. The number of fused-ring (bicyclic) bond motifs is 7. The topological polar surface area (TPSA) is 0 Å². The van der Waals surface area contributed by atoms with Crippen molar-refractivity contribution in [1.82, 2.24) is 0 Å². The molecule has 11 rings (SSSR count). The molecule has 0 N–H and O–H groups in total. The molecule has 258 valence electrons. The Labute approximate surface area is 316 Å². The van der Waals surface area contributed by atoms with Crippen LogP contribution in [0.25, 0.3) is 85.5 Å². The average Bonchev–Trinajstić information content (AvgIpc) is 3.61. The monoisotopic (exact) mass is 700 g/mol. The standard InChI is InChI=1S/C52H44S/c1-3-16-33(17-4-1)48-37-20-7-9-22-39(37)50(40-23-10-8-21-38(40)48)35-30-31-36-45-28-15-29-46(52(45)53-47(36)32-35)51-43-26-13-11-24-41(43)49(34-18-5-2-6-19-34)42-25-12-14-27-44(42)51/h7-15,20-34H,1-6,16-19H2. The van der Waals surface area contributed by atoms with Crippen molar-refractivity contribution in [3.05, 3.63) is 145 Å². The Balaban J connectivity index is 1.14. The quantitative estimate of drug-likeness (QED) is 0.160. The molecule has 0 aliphatic heterocycles. The van der Waals surface area contributed by atoms with Crippen LogP contribution in [0.15, 0.2) is 133 Å². The molecule has 2 saturated carbocycles. The van der Waals surface area contributed by atoms with Crippen molar-refractivity contribution in [2.45, 2.75) is 76.0 Å². The molecule has 0 radical (unpaired) electrons. The molecule has 1 heteroatoms. The van der Waals surface area contributed by atoms with Gasteiger partial charge >= 0.3 is 0 Å². The van der Waals surface area contributed by atoms with Gasteiger partial charge in [-0.25, -0.2) is 0 Å². The second-order valence-electron chi connectivity index (χ2n) is 15.9. The van der Waals surface area contributed by atoms with Crippen molar-refractivity contribution in [3.63, 3.8) is 0 Å². The Morgan fingerprint density at radius 3 is 1.28 bits per heavy atom. The fraction of sp³-hybridized carbons (Fsp3) is 0.231. The van der Waals surface area contributed by atoms with Gasteiger partial charge in [0.05, 0.1) is 0 Å². The average molecular weight is 701 g/mol. The maximum Gasteiger partial charge on any atom is 0.0434 e. The van der Waals surface area contributed by atoms with Gasteiger partial charge in [0.25, 0.3) is 0 Å². The molecule has 0 nitrogen and oxygen atoms in total. The van der Waals surface area contributed by atoms with E-state index in [1.54, 1.807) is 11.1 Å². The summed E-state index contributed by atoms with van der Waals surface area (Å²) in [6, 6.07) is 51.5. The van der Waals surface area contributed by atoms with Crippen LogP contribution in [0.2, 0.25) is 0 Å². The fourth-order valence-corrected chi connectivity index (χ4v) is 12.0. The number of rotatable bonds is 4. The van der Waals surface area contributed by atoms with Crippen LogP contribution in [0.5, 0.6) is 0 Å². The summed E-state index contributed by atoms with van der Waals surface area (Å²) in [6.07, 6.45) is 13.3. The molecule has 2 fully saturated rings. The van der Waals surface area contributed by atoms with Gasteiger partial charge in [0.2, 0.25) is 0 Å². The Morgan fingerprint density at radius 2 is 0.792 bits per heavy atom. The van der Waals surface area contributed by atoms with Crippen LogP contribution in [0.3, 0.4) is 0 Å². The van der Waals surface area contributed by atoms with Gasteiger partial charge in [-0.15, -0.1) is 11.3 Å². The first-order valence-corrected chi connectivity index (χ1v) is 21.0. The van der Waals surface area contributed by atoms with E-state index in [0.29, 0.717) is 11.8 Å². The third-order valence-electron chi connectivity index (χ3n) is 13.0. The zero-order chi connectivity index (χ0) is 34.9. The van der Waals surface area contributed by atoms with Gasteiger partial charge in [-0.3, -0.25) is 0 Å². The zero-order valence-electron chi connectivity index (χ0n) is 30.3. The highest BCUT2D eigenvalue weighted by atomic mass is 32.1. The van der Waals surface area contributed by atoms with Crippen molar-refractivity contribution in [2.75, 3.05) is 0 Å². The largest absolute Gasteiger partial charge is 0.135 e. The summed E-state index contributed by atoms with van der Waals surface area (Å²) in [6.45, 7) is 0. The highest BCUT2D eigenvalue weighted by Gasteiger charge is 2.26. The molecule has 1 heterocycles. The summed E-state index contributed by atoms with van der Waals surface area (Å²) >= 11 is 1.98. The van der Waals surface area contributed by atoms with E-state index < -0.39 is 0 Å². The van der Waals surface area contributed by atoms with Gasteiger partial charge in [0.1, 0.15) is 0 Å². The van der Waals surface area contributed by atoms with Gasteiger partial charge in [0, 0.05) is 25.7 Å². The molecule has 9 aromatic rings. The van der Waals surface area contributed by atoms with Crippen LogP contribution in [-0.2, 0) is 0 Å². The third-order valence-corrected chi connectivity index (χ3v) is 14.2. The van der Waals surface area contributed by atoms with Gasteiger partial charge in [0.15, 0.2) is 0 Å². The Morgan fingerprint density at radius 1 is 0.358 bits per heavy atom. The van der Waals surface area contributed by atoms with E-state index in [0.717, 1.165) is 0 Å². The van der Waals surface area contributed by atoms with Crippen molar-refractivity contribution >= 4 is 74.6 Å². The predicted molar refractivity (Wildman–Crippen MR) is 232 cm³/mol. The number of hydrogen-bond donors (Lipinski definition) is 0. The summed E-state index contributed by atoms with van der Waals surface area (Å²) in [5.41, 5.74) is 8.62. The molecule has 53 heavy (non-hydrogen) atoms. The molecule has 0 unspecified atom stereocenters. The van der Waals surface area contributed by atoms with Crippen LogP contribution < -0.4 is 0 Å². The molecular formula is C52H44S. The molecule has 1 aromatic heterocycles. The minimum Gasteiger partial charge on any atom is -0.135 e. The smallest absolute Gasteiger partial charge is 0.0434 e. The number of benzene rings is 8. The lowest BCUT2D eigenvalue weighted by molar-refractivity contribution is 0.447. The fourth-order valence-electron chi connectivity index (χ4n) is 10.7. The molecular weight excluding hydrogens is 657 g/mol. The molecule has 0 amide bonds. The van der Waals surface area contributed by atoms with Crippen molar-refractivity contribution in [1.29, 1.82) is 0 Å². The van der Waals surface area contributed by atoms with E-state index in [-0.39, 0.29) is 0 Å². The first-order valence-electron chi connectivity index (χ1n) is 20.2. The Hall–Kier alpha value is -4.98. The molecule has 0 saturated heterocycles. The summed E-state index contributed by atoms with van der Waals surface area (Å²) in [5, 5.41) is 14.1. The normalized spacial score (nSPS) is 16.2. The third kappa shape index (κ3) is 5.00. The van der Waals surface area contributed by atoms with E-state index in [4.69, 9.17) is 0 Å². The second kappa shape index (κ2) is 12.9. The van der Waals surface area contributed by atoms with Gasteiger partial charge in [-0.2, -0.15) is 0 Å². The van der Waals surface area contributed by atoms with Crippen molar-refractivity contribution in [2.24, 2.45) is 0 Å². The van der Waals surface area contributed by atoms with Crippen LogP contribution >= 0.6 is 11.3 Å². The Kier molecular flexibility index (Phi) is 7.65. The highest BCUT2D eigenvalue weighted by molar-refractivity contribution is 7.26. The molecule has 0 spiro atoms. The summed E-state index contributed by atoms with van der Waals surface area (Å²) in [5.74, 6) is 1.27. The minimum absolute atomic E-state index is 0.634. The SMILES string of the molecule is c1ccc2c(C3CCCCC3)c3ccccc3c(-c3ccc4c(c3)sc3c(-c5c6ccccc6c(C6CCCCC6)c6ccccc56)cccc34)c2c1. The first kappa shape index (κ1) is 31.5. The molecule has 0 bridgehead atoms. The van der Waals surface area contributed by atoms with Crippen molar-refractivity contribution < 1.29 is 0 Å². The lowest BCUT2D eigenvalue weighted by Crippen LogP contribution is -2.06. The van der Waals surface area contributed by atoms with E-state index in [1.807, 2.05) is 11.3 Å². The van der Waals surface area contributed by atoms with Gasteiger partial charge in [-0.05, 0) is 114 Å². The number of thiophene rings is 1. The summed E-state index contributed by atoms with van der Waals surface area (Å²) in [7, 11) is 0. The zero-order valence-corrected chi connectivity index (χ0v) is 31.2. The van der Waals surface area contributed by atoms with E-state index in [9.17, 15) is 0 Å². The van der Waals surface area contributed by atoms with Crippen LogP contribution in [-0.4, -0.2) is 0 Å². The van der Waals surface area contributed by atoms with Crippen LogP contribution in [0.1, 0.15) is 87.2 Å². The van der Waals surface area contributed by atoms with E-state index in [1.165, 1.54) is 150 Å². The van der Waals surface area contributed by atoms with Crippen LogP contribution in [0.4, 0.5) is 0 Å². The molecule has 2 aliphatic carbocycles. The van der Waals surface area contributed by atoms with Gasteiger partial charge in [-0.1, -0.05) is 166 Å². The second-order valence-corrected chi connectivity index (χ2v) is 17.0. The molecule has 0 atom stereocenters.